The summed E-state index contributed by atoms with van der Waals surface area (Å²) in [5, 5.41) is 0. The summed E-state index contributed by atoms with van der Waals surface area (Å²) >= 11 is 7.04. The molecule has 0 aliphatic rings. The number of hydrogen-bond donors (Lipinski definition) is 0. The summed E-state index contributed by atoms with van der Waals surface area (Å²) in [7, 11) is 0. The van der Waals surface area contributed by atoms with Gasteiger partial charge in [0.25, 0.3) is 0 Å². The van der Waals surface area contributed by atoms with Crippen LogP contribution >= 0.6 is 31.9 Å². The average Bonchev–Trinajstić information content (AvgIpc) is 2.26. The third-order valence-corrected chi connectivity index (χ3v) is 4.02. The Bertz CT molecular complexity index is 295. The van der Waals surface area contributed by atoms with Crippen molar-refractivity contribution >= 4 is 31.9 Å². The molecule has 2 atom stereocenters. The summed E-state index contributed by atoms with van der Waals surface area (Å²) in [5.41, 5.74) is 0. The number of benzene rings is 1. The van der Waals surface area contributed by atoms with Crippen LogP contribution in [0, 0.1) is 5.92 Å². The molecule has 1 aromatic rings. The third-order valence-electron chi connectivity index (χ3n) is 2.74. The second-order valence-corrected chi connectivity index (χ2v) is 6.30. The van der Waals surface area contributed by atoms with Gasteiger partial charge in [-0.05, 0) is 36.6 Å². The smallest absolute Gasteiger partial charge is 0.119 e. The van der Waals surface area contributed by atoms with Gasteiger partial charge in [-0.15, -0.1) is 0 Å². The lowest BCUT2D eigenvalue weighted by atomic mass is 10.0. The predicted molar refractivity (Wildman–Crippen MR) is 76.4 cm³/mol. The number of alkyl halides is 1. The maximum Gasteiger partial charge on any atom is 0.119 e. The number of hydrogen-bond acceptors (Lipinski definition) is 1. The summed E-state index contributed by atoms with van der Waals surface area (Å²) in [4.78, 5) is 0.561. The maximum atomic E-state index is 5.70. The Hall–Kier alpha value is -0.0200. The van der Waals surface area contributed by atoms with Crippen molar-refractivity contribution in [2.75, 3.05) is 6.61 Å². The van der Waals surface area contributed by atoms with E-state index in [2.05, 4.69) is 45.7 Å². The molecular formula is C13H18Br2O. The van der Waals surface area contributed by atoms with Crippen molar-refractivity contribution < 1.29 is 4.74 Å². The van der Waals surface area contributed by atoms with Gasteiger partial charge in [0.15, 0.2) is 0 Å². The molecule has 0 aliphatic heterocycles. The molecule has 16 heavy (non-hydrogen) atoms. The van der Waals surface area contributed by atoms with E-state index in [1.54, 1.807) is 0 Å². The van der Waals surface area contributed by atoms with E-state index in [0.29, 0.717) is 10.7 Å². The van der Waals surface area contributed by atoms with Crippen LogP contribution in [0.25, 0.3) is 0 Å². The molecule has 0 aliphatic carbocycles. The van der Waals surface area contributed by atoms with Crippen LogP contribution < -0.4 is 4.74 Å². The Labute approximate surface area is 115 Å². The molecule has 0 radical (unpaired) electrons. The van der Waals surface area contributed by atoms with Gasteiger partial charge in [-0.1, -0.05) is 52.1 Å². The molecule has 0 bridgehead atoms. The zero-order valence-corrected chi connectivity index (χ0v) is 12.9. The molecule has 0 saturated heterocycles. The fourth-order valence-electron chi connectivity index (χ4n) is 1.62. The maximum absolute atomic E-state index is 5.70. The summed E-state index contributed by atoms with van der Waals surface area (Å²) < 4.78 is 6.79. The van der Waals surface area contributed by atoms with Crippen molar-refractivity contribution in [3.8, 4) is 5.75 Å². The molecule has 90 valence electrons. The van der Waals surface area contributed by atoms with Crippen molar-refractivity contribution in [1.29, 1.82) is 0 Å². The molecule has 0 aromatic heterocycles. The normalized spacial score (nSPS) is 14.5. The Kier molecular flexibility index (Phi) is 6.44. The molecule has 1 aromatic carbocycles. The Morgan fingerprint density at radius 1 is 1.25 bits per heavy atom. The van der Waals surface area contributed by atoms with Crippen LogP contribution in [0.2, 0.25) is 0 Å². The average molecular weight is 350 g/mol. The van der Waals surface area contributed by atoms with E-state index in [1.165, 1.54) is 6.42 Å². The van der Waals surface area contributed by atoms with Crippen LogP contribution in [0.3, 0.4) is 0 Å². The van der Waals surface area contributed by atoms with Gasteiger partial charge in [-0.3, -0.25) is 0 Å². The zero-order valence-electron chi connectivity index (χ0n) is 9.75. The van der Waals surface area contributed by atoms with Gasteiger partial charge in [0.1, 0.15) is 5.75 Å². The molecule has 0 spiro atoms. The highest BCUT2D eigenvalue weighted by Crippen LogP contribution is 2.21. The predicted octanol–water partition coefficient (Wildman–Crippen LogP) is 5.03. The first-order valence-corrected chi connectivity index (χ1v) is 7.36. The fraction of sp³-hybridized carbons (Fsp3) is 0.538. The largest absolute Gasteiger partial charge is 0.494 e. The Balaban J connectivity index is 2.32. The third kappa shape index (κ3) is 4.88. The lowest BCUT2D eigenvalue weighted by Crippen LogP contribution is -2.13. The highest BCUT2D eigenvalue weighted by Gasteiger charge is 2.12. The SMILES string of the molecule is CCC(CCOc1ccc(Br)cc1)C(C)Br. The van der Waals surface area contributed by atoms with E-state index >= 15 is 0 Å². The van der Waals surface area contributed by atoms with Gasteiger partial charge in [0.05, 0.1) is 6.61 Å². The second-order valence-electron chi connectivity index (χ2n) is 3.94. The molecule has 2 unspecified atom stereocenters. The van der Waals surface area contributed by atoms with Gasteiger partial charge < -0.3 is 4.74 Å². The van der Waals surface area contributed by atoms with E-state index < -0.39 is 0 Å². The van der Waals surface area contributed by atoms with E-state index in [9.17, 15) is 0 Å². The standard InChI is InChI=1S/C13H18Br2O/c1-3-11(10(2)14)8-9-16-13-6-4-12(15)5-7-13/h4-7,10-11H,3,8-9H2,1-2H3. The lowest BCUT2D eigenvalue weighted by Gasteiger charge is -2.17. The Morgan fingerprint density at radius 2 is 1.88 bits per heavy atom. The van der Waals surface area contributed by atoms with Gasteiger partial charge >= 0.3 is 0 Å². The summed E-state index contributed by atoms with van der Waals surface area (Å²) in [6.45, 7) is 5.21. The van der Waals surface area contributed by atoms with Crippen LogP contribution in [-0.4, -0.2) is 11.4 Å². The quantitative estimate of drug-likeness (QED) is 0.654. The van der Waals surface area contributed by atoms with Crippen LogP contribution in [0.1, 0.15) is 26.7 Å². The summed E-state index contributed by atoms with van der Waals surface area (Å²) in [6, 6.07) is 7.98. The minimum Gasteiger partial charge on any atom is -0.494 e. The van der Waals surface area contributed by atoms with Crippen molar-refractivity contribution in [3.05, 3.63) is 28.7 Å². The highest BCUT2D eigenvalue weighted by atomic mass is 79.9. The van der Waals surface area contributed by atoms with Gasteiger partial charge in [-0.25, -0.2) is 0 Å². The molecule has 3 heteroatoms. The van der Waals surface area contributed by atoms with Crippen molar-refractivity contribution in [2.45, 2.75) is 31.5 Å². The summed E-state index contributed by atoms with van der Waals surface area (Å²) in [6.07, 6.45) is 2.29. The second kappa shape index (κ2) is 7.33. The first-order valence-electron chi connectivity index (χ1n) is 5.66. The molecule has 1 rings (SSSR count). The number of ether oxygens (including phenoxy) is 1. The minimum absolute atomic E-state index is 0.561. The monoisotopic (exact) mass is 348 g/mol. The van der Waals surface area contributed by atoms with Gasteiger partial charge in [0, 0.05) is 9.30 Å². The van der Waals surface area contributed by atoms with Crippen LogP contribution in [0.4, 0.5) is 0 Å². The van der Waals surface area contributed by atoms with Crippen LogP contribution in [0.5, 0.6) is 5.75 Å². The molecule has 1 nitrogen and oxygen atoms in total. The molecule has 0 saturated carbocycles. The zero-order chi connectivity index (χ0) is 12.0. The van der Waals surface area contributed by atoms with E-state index in [4.69, 9.17) is 4.74 Å². The van der Waals surface area contributed by atoms with Crippen LogP contribution in [0.15, 0.2) is 28.7 Å². The fourth-order valence-corrected chi connectivity index (χ4v) is 2.52. The highest BCUT2D eigenvalue weighted by molar-refractivity contribution is 9.10. The number of rotatable bonds is 6. The van der Waals surface area contributed by atoms with E-state index in [-0.39, 0.29) is 0 Å². The number of halogens is 2. The van der Waals surface area contributed by atoms with Crippen molar-refractivity contribution in [1.82, 2.24) is 0 Å². The lowest BCUT2D eigenvalue weighted by molar-refractivity contribution is 0.275. The molecule has 0 amide bonds. The van der Waals surface area contributed by atoms with Crippen molar-refractivity contribution in [2.24, 2.45) is 5.92 Å². The minimum atomic E-state index is 0.561. The van der Waals surface area contributed by atoms with Crippen molar-refractivity contribution in [3.63, 3.8) is 0 Å². The first kappa shape index (κ1) is 14.0. The van der Waals surface area contributed by atoms with E-state index in [1.807, 2.05) is 24.3 Å². The molecule has 0 fully saturated rings. The first-order chi connectivity index (χ1) is 7.63. The molecule has 0 heterocycles. The topological polar surface area (TPSA) is 9.23 Å². The van der Waals surface area contributed by atoms with Gasteiger partial charge in [0.2, 0.25) is 0 Å². The van der Waals surface area contributed by atoms with Crippen LogP contribution in [-0.2, 0) is 0 Å². The molecule has 0 N–H and O–H groups in total. The van der Waals surface area contributed by atoms with Gasteiger partial charge in [-0.2, -0.15) is 0 Å². The molecular weight excluding hydrogens is 332 g/mol. The summed E-state index contributed by atoms with van der Waals surface area (Å²) in [5.74, 6) is 1.63. The van der Waals surface area contributed by atoms with E-state index in [0.717, 1.165) is 23.2 Å². The Morgan fingerprint density at radius 3 is 2.38 bits per heavy atom.